The number of aldehydes is 1. The van der Waals surface area contributed by atoms with Gasteiger partial charge in [0, 0.05) is 25.1 Å². The Morgan fingerprint density at radius 2 is 1.91 bits per heavy atom. The highest BCUT2D eigenvalue weighted by Gasteiger charge is 2.19. The summed E-state index contributed by atoms with van der Waals surface area (Å²) in [5.74, 6) is 1.58. The maximum Gasteiger partial charge on any atom is 0.150 e. The van der Waals surface area contributed by atoms with Crippen LogP contribution in [0.4, 0.5) is 0 Å². The van der Waals surface area contributed by atoms with Crippen LogP contribution in [0.25, 0.3) is 0 Å². The van der Waals surface area contributed by atoms with Gasteiger partial charge in [-0.25, -0.2) is 0 Å². The highest BCUT2D eigenvalue weighted by atomic mass is 16.5. The van der Waals surface area contributed by atoms with Gasteiger partial charge >= 0.3 is 0 Å². The summed E-state index contributed by atoms with van der Waals surface area (Å²) in [4.78, 5) is 11.2. The summed E-state index contributed by atoms with van der Waals surface area (Å²) in [6.45, 7) is 11.8. The van der Waals surface area contributed by atoms with Crippen molar-refractivity contribution in [3.05, 3.63) is 28.8 Å². The highest BCUT2D eigenvalue weighted by Crippen LogP contribution is 2.35. The van der Waals surface area contributed by atoms with Gasteiger partial charge in [-0.2, -0.15) is 0 Å². The number of rotatable bonds is 7. The summed E-state index contributed by atoms with van der Waals surface area (Å²) >= 11 is 0. The summed E-state index contributed by atoms with van der Waals surface area (Å²) in [5, 5.41) is 3.34. The molecular weight excluding hydrogens is 290 g/mol. The van der Waals surface area contributed by atoms with Gasteiger partial charge in [0.2, 0.25) is 0 Å². The van der Waals surface area contributed by atoms with Gasteiger partial charge in [0.25, 0.3) is 0 Å². The molecule has 0 radical (unpaired) electrons. The van der Waals surface area contributed by atoms with E-state index in [-0.39, 0.29) is 6.10 Å². The molecule has 0 spiro atoms. The molecule has 0 saturated carbocycles. The molecule has 1 atom stereocenters. The van der Waals surface area contributed by atoms with E-state index in [1.54, 1.807) is 0 Å². The van der Waals surface area contributed by atoms with E-state index in [0.717, 1.165) is 54.8 Å². The summed E-state index contributed by atoms with van der Waals surface area (Å²) in [6, 6.07) is 3.91. The number of benzene rings is 1. The Kier molecular flexibility index (Phi) is 6.60. The lowest BCUT2D eigenvalue weighted by molar-refractivity contribution is 0.0157. The lowest BCUT2D eigenvalue weighted by Crippen LogP contribution is -2.39. The van der Waals surface area contributed by atoms with Crippen molar-refractivity contribution in [1.82, 2.24) is 5.32 Å². The molecule has 0 aliphatic carbocycles. The van der Waals surface area contributed by atoms with Gasteiger partial charge in [0.15, 0.2) is 0 Å². The van der Waals surface area contributed by atoms with E-state index in [9.17, 15) is 4.79 Å². The molecule has 128 valence electrons. The Morgan fingerprint density at radius 3 is 2.39 bits per heavy atom. The third-order valence-electron chi connectivity index (χ3n) is 4.24. The summed E-state index contributed by atoms with van der Waals surface area (Å²) < 4.78 is 11.9. The molecule has 4 heteroatoms. The Balaban J connectivity index is 2.15. The molecule has 1 aliphatic heterocycles. The predicted molar refractivity (Wildman–Crippen MR) is 92.7 cm³/mol. The minimum atomic E-state index is 0.225. The SMILES string of the molecule is CC(C)c1cc(C=O)cc(C(C)C)c1OCCC1CNCCO1. The first-order valence-corrected chi connectivity index (χ1v) is 8.61. The van der Waals surface area contributed by atoms with Crippen LogP contribution in [0.2, 0.25) is 0 Å². The zero-order chi connectivity index (χ0) is 16.8. The van der Waals surface area contributed by atoms with Crippen molar-refractivity contribution in [1.29, 1.82) is 0 Å². The zero-order valence-electron chi connectivity index (χ0n) is 14.7. The normalized spacial score (nSPS) is 18.4. The van der Waals surface area contributed by atoms with Crippen LogP contribution >= 0.6 is 0 Å². The summed E-state index contributed by atoms with van der Waals surface area (Å²) in [6.07, 6.45) is 2.02. The fraction of sp³-hybridized carbons (Fsp3) is 0.632. The van der Waals surface area contributed by atoms with Crippen LogP contribution in [-0.2, 0) is 4.74 Å². The fourth-order valence-corrected chi connectivity index (χ4v) is 2.89. The molecule has 1 unspecified atom stereocenters. The zero-order valence-corrected chi connectivity index (χ0v) is 14.7. The van der Waals surface area contributed by atoms with E-state index in [1.807, 2.05) is 12.1 Å². The predicted octanol–water partition coefficient (Wildman–Crippen LogP) is 3.50. The van der Waals surface area contributed by atoms with Crippen LogP contribution in [0.5, 0.6) is 5.75 Å². The number of nitrogens with one attached hydrogen (secondary N) is 1. The second kappa shape index (κ2) is 8.46. The second-order valence-corrected chi connectivity index (χ2v) is 6.79. The Labute approximate surface area is 139 Å². The van der Waals surface area contributed by atoms with Crippen molar-refractivity contribution in [2.24, 2.45) is 0 Å². The molecule has 1 N–H and O–H groups in total. The van der Waals surface area contributed by atoms with Crippen LogP contribution in [0.15, 0.2) is 12.1 Å². The molecule has 1 aliphatic rings. The molecular formula is C19H29NO3. The molecule has 1 heterocycles. The number of ether oxygens (including phenoxy) is 2. The lowest BCUT2D eigenvalue weighted by atomic mass is 9.91. The van der Waals surface area contributed by atoms with Crippen molar-refractivity contribution in [3.63, 3.8) is 0 Å². The fourth-order valence-electron chi connectivity index (χ4n) is 2.89. The summed E-state index contributed by atoms with van der Waals surface area (Å²) in [5.41, 5.74) is 2.95. The quantitative estimate of drug-likeness (QED) is 0.781. The maximum absolute atomic E-state index is 11.2. The standard InChI is InChI=1S/C19H29NO3/c1-13(2)17-9-15(12-21)10-18(14(3)4)19(17)23-7-5-16-11-20-6-8-22-16/h9-10,12-14,16,20H,5-8,11H2,1-4H3. The monoisotopic (exact) mass is 319 g/mol. The van der Waals surface area contributed by atoms with Gasteiger partial charge in [-0.1, -0.05) is 27.7 Å². The number of morpholine rings is 1. The van der Waals surface area contributed by atoms with E-state index >= 15 is 0 Å². The smallest absolute Gasteiger partial charge is 0.150 e. The van der Waals surface area contributed by atoms with Gasteiger partial charge in [0.05, 0.1) is 19.3 Å². The molecule has 1 fully saturated rings. The number of hydrogen-bond donors (Lipinski definition) is 1. The van der Waals surface area contributed by atoms with Gasteiger partial charge in [-0.05, 0) is 35.1 Å². The first-order chi connectivity index (χ1) is 11.0. The average molecular weight is 319 g/mol. The third-order valence-corrected chi connectivity index (χ3v) is 4.24. The minimum Gasteiger partial charge on any atom is -0.493 e. The molecule has 1 saturated heterocycles. The van der Waals surface area contributed by atoms with E-state index < -0.39 is 0 Å². The second-order valence-electron chi connectivity index (χ2n) is 6.79. The van der Waals surface area contributed by atoms with Crippen LogP contribution < -0.4 is 10.1 Å². The van der Waals surface area contributed by atoms with Gasteiger partial charge < -0.3 is 14.8 Å². The van der Waals surface area contributed by atoms with Crippen molar-refractivity contribution in [3.8, 4) is 5.75 Å². The van der Waals surface area contributed by atoms with E-state index in [0.29, 0.717) is 18.4 Å². The topological polar surface area (TPSA) is 47.6 Å². The molecule has 0 amide bonds. The lowest BCUT2D eigenvalue weighted by Gasteiger charge is -2.25. The highest BCUT2D eigenvalue weighted by molar-refractivity contribution is 5.77. The molecule has 0 bridgehead atoms. The van der Waals surface area contributed by atoms with E-state index in [2.05, 4.69) is 33.0 Å². The first-order valence-electron chi connectivity index (χ1n) is 8.61. The molecule has 0 aromatic heterocycles. The first kappa shape index (κ1) is 18.0. The maximum atomic E-state index is 11.2. The molecule has 4 nitrogen and oxygen atoms in total. The molecule has 23 heavy (non-hydrogen) atoms. The van der Waals surface area contributed by atoms with Crippen LogP contribution in [0.3, 0.4) is 0 Å². The molecule has 1 aromatic rings. The number of hydrogen-bond acceptors (Lipinski definition) is 4. The van der Waals surface area contributed by atoms with E-state index in [4.69, 9.17) is 9.47 Å². The Morgan fingerprint density at radius 1 is 1.26 bits per heavy atom. The van der Waals surface area contributed by atoms with Crippen LogP contribution in [-0.4, -0.2) is 38.7 Å². The van der Waals surface area contributed by atoms with Gasteiger partial charge in [-0.3, -0.25) is 4.79 Å². The molecule has 1 aromatic carbocycles. The number of carbonyl (C=O) groups excluding carboxylic acids is 1. The van der Waals surface area contributed by atoms with E-state index in [1.165, 1.54) is 0 Å². The average Bonchev–Trinajstić information content (AvgIpc) is 2.55. The van der Waals surface area contributed by atoms with Crippen LogP contribution in [0, 0.1) is 0 Å². The van der Waals surface area contributed by atoms with Gasteiger partial charge in [-0.15, -0.1) is 0 Å². The van der Waals surface area contributed by atoms with Crippen molar-refractivity contribution < 1.29 is 14.3 Å². The Bertz CT molecular complexity index is 490. The van der Waals surface area contributed by atoms with Crippen molar-refractivity contribution >= 4 is 6.29 Å². The molecule has 2 rings (SSSR count). The Hall–Kier alpha value is -1.39. The van der Waals surface area contributed by atoms with Crippen molar-refractivity contribution in [2.45, 2.75) is 52.1 Å². The largest absolute Gasteiger partial charge is 0.493 e. The van der Waals surface area contributed by atoms with Crippen LogP contribution in [0.1, 0.15) is 67.4 Å². The minimum absolute atomic E-state index is 0.225. The van der Waals surface area contributed by atoms with Gasteiger partial charge in [0.1, 0.15) is 12.0 Å². The summed E-state index contributed by atoms with van der Waals surface area (Å²) in [7, 11) is 0. The third kappa shape index (κ3) is 4.79. The number of carbonyl (C=O) groups is 1. The van der Waals surface area contributed by atoms with Crippen molar-refractivity contribution in [2.75, 3.05) is 26.3 Å².